The van der Waals surface area contributed by atoms with Crippen LogP contribution in [0.4, 0.5) is 0 Å². The van der Waals surface area contributed by atoms with Gasteiger partial charge < -0.3 is 19.2 Å². The Morgan fingerprint density at radius 3 is 2.62 bits per heavy atom. The van der Waals surface area contributed by atoms with E-state index in [0.29, 0.717) is 30.1 Å². The van der Waals surface area contributed by atoms with Crippen LogP contribution >= 0.6 is 0 Å². The summed E-state index contributed by atoms with van der Waals surface area (Å²) in [6, 6.07) is 13.1. The Balaban J connectivity index is 1.75. The van der Waals surface area contributed by atoms with Crippen molar-refractivity contribution in [1.29, 1.82) is 0 Å². The minimum Gasteiger partial charge on any atom is -0.491 e. The van der Waals surface area contributed by atoms with Gasteiger partial charge in [0, 0.05) is 7.11 Å². The molecule has 2 aromatic carbocycles. The van der Waals surface area contributed by atoms with Crippen molar-refractivity contribution in [2.45, 2.75) is 0 Å². The molecule has 0 aliphatic carbocycles. The normalized spacial score (nSPS) is 11.2. The van der Waals surface area contributed by atoms with Gasteiger partial charge >= 0.3 is 5.97 Å². The number of benzene rings is 2. The average Bonchev–Trinajstić information content (AvgIpc) is 3.10. The summed E-state index contributed by atoms with van der Waals surface area (Å²) in [5.41, 5.74) is 2.84. The summed E-state index contributed by atoms with van der Waals surface area (Å²) in [7, 11) is 3.00. The molecule has 0 radical (unpaired) electrons. The van der Waals surface area contributed by atoms with Gasteiger partial charge in [0.1, 0.15) is 23.7 Å². The van der Waals surface area contributed by atoms with Crippen molar-refractivity contribution < 1.29 is 19.0 Å². The Morgan fingerprint density at radius 2 is 1.88 bits per heavy atom. The molecule has 0 amide bonds. The van der Waals surface area contributed by atoms with Crippen molar-refractivity contribution in [2.24, 2.45) is 0 Å². The van der Waals surface area contributed by atoms with E-state index in [9.17, 15) is 4.79 Å². The molecular formula is C20H20N2O4. The highest BCUT2D eigenvalue weighted by molar-refractivity contribution is 6.02. The van der Waals surface area contributed by atoms with E-state index in [4.69, 9.17) is 14.2 Å². The second kappa shape index (κ2) is 8.31. The third-order valence-electron chi connectivity index (χ3n) is 3.81. The number of para-hydroxylation sites is 1. The molecule has 0 fully saturated rings. The lowest BCUT2D eigenvalue weighted by atomic mass is 10.2. The second-order valence-corrected chi connectivity index (χ2v) is 5.56. The SMILES string of the molecule is COCCOc1ccc(/C=C/c2nc3c(C(=O)OC)cccc3[nH]2)cc1. The van der Waals surface area contributed by atoms with Gasteiger partial charge in [-0.05, 0) is 35.9 Å². The van der Waals surface area contributed by atoms with Gasteiger partial charge in [-0.2, -0.15) is 0 Å². The summed E-state index contributed by atoms with van der Waals surface area (Å²) < 4.78 is 15.3. The maximum absolute atomic E-state index is 11.8. The first-order chi connectivity index (χ1) is 12.7. The number of fused-ring (bicyclic) bond motifs is 1. The molecule has 0 aliphatic heterocycles. The summed E-state index contributed by atoms with van der Waals surface area (Å²) in [6.07, 6.45) is 3.80. The van der Waals surface area contributed by atoms with Gasteiger partial charge in [0.15, 0.2) is 0 Å². The van der Waals surface area contributed by atoms with Gasteiger partial charge in [0.05, 0.1) is 24.8 Å². The predicted molar refractivity (Wildman–Crippen MR) is 100 cm³/mol. The molecule has 0 saturated heterocycles. The van der Waals surface area contributed by atoms with Crippen LogP contribution in [0.15, 0.2) is 42.5 Å². The zero-order chi connectivity index (χ0) is 18.4. The van der Waals surface area contributed by atoms with E-state index in [1.807, 2.05) is 42.5 Å². The molecule has 6 heteroatoms. The number of aromatic nitrogens is 2. The second-order valence-electron chi connectivity index (χ2n) is 5.56. The van der Waals surface area contributed by atoms with Gasteiger partial charge in [-0.15, -0.1) is 0 Å². The van der Waals surface area contributed by atoms with Gasteiger partial charge in [-0.3, -0.25) is 0 Å². The quantitative estimate of drug-likeness (QED) is 0.520. The van der Waals surface area contributed by atoms with Crippen molar-refractivity contribution in [2.75, 3.05) is 27.4 Å². The van der Waals surface area contributed by atoms with E-state index in [-0.39, 0.29) is 0 Å². The zero-order valence-electron chi connectivity index (χ0n) is 14.7. The van der Waals surface area contributed by atoms with Gasteiger partial charge in [0.2, 0.25) is 0 Å². The molecule has 0 bridgehead atoms. The molecule has 1 aromatic heterocycles. The van der Waals surface area contributed by atoms with Crippen LogP contribution in [0.1, 0.15) is 21.7 Å². The monoisotopic (exact) mass is 352 g/mol. The number of ether oxygens (including phenoxy) is 3. The van der Waals surface area contributed by atoms with Crippen LogP contribution in [0.5, 0.6) is 5.75 Å². The highest BCUT2D eigenvalue weighted by Crippen LogP contribution is 2.19. The molecule has 0 atom stereocenters. The zero-order valence-corrected chi connectivity index (χ0v) is 14.7. The number of carbonyl (C=O) groups is 1. The largest absolute Gasteiger partial charge is 0.491 e. The van der Waals surface area contributed by atoms with Crippen molar-refractivity contribution in [1.82, 2.24) is 9.97 Å². The number of imidazole rings is 1. The molecule has 1 heterocycles. The van der Waals surface area contributed by atoms with E-state index < -0.39 is 5.97 Å². The van der Waals surface area contributed by atoms with Gasteiger partial charge in [-0.25, -0.2) is 9.78 Å². The lowest BCUT2D eigenvalue weighted by Crippen LogP contribution is -2.03. The number of H-pyrrole nitrogens is 1. The highest BCUT2D eigenvalue weighted by Gasteiger charge is 2.12. The maximum Gasteiger partial charge on any atom is 0.340 e. The number of hydrogen-bond donors (Lipinski definition) is 1. The summed E-state index contributed by atoms with van der Waals surface area (Å²) in [4.78, 5) is 19.5. The first-order valence-corrected chi connectivity index (χ1v) is 8.18. The van der Waals surface area contributed by atoms with Crippen molar-refractivity contribution >= 4 is 29.2 Å². The minimum atomic E-state index is -0.401. The highest BCUT2D eigenvalue weighted by atomic mass is 16.5. The number of nitrogens with one attached hydrogen (secondary N) is 1. The van der Waals surface area contributed by atoms with Crippen LogP contribution in [0, 0.1) is 0 Å². The van der Waals surface area contributed by atoms with Crippen LogP contribution in [0.25, 0.3) is 23.2 Å². The smallest absolute Gasteiger partial charge is 0.340 e. The summed E-state index contributed by atoms with van der Waals surface area (Å²) in [6.45, 7) is 1.08. The first-order valence-electron chi connectivity index (χ1n) is 8.18. The Hall–Kier alpha value is -3.12. The van der Waals surface area contributed by atoms with Crippen molar-refractivity contribution in [3.05, 3.63) is 59.4 Å². The lowest BCUT2D eigenvalue weighted by Gasteiger charge is -2.05. The van der Waals surface area contributed by atoms with Crippen LogP contribution < -0.4 is 4.74 Å². The Morgan fingerprint density at radius 1 is 1.08 bits per heavy atom. The lowest BCUT2D eigenvalue weighted by molar-refractivity contribution is 0.0603. The van der Waals surface area contributed by atoms with E-state index in [1.54, 1.807) is 19.2 Å². The van der Waals surface area contributed by atoms with Crippen LogP contribution in [0.2, 0.25) is 0 Å². The number of rotatable bonds is 7. The molecular weight excluding hydrogens is 332 g/mol. The minimum absolute atomic E-state index is 0.401. The Labute approximate surface area is 151 Å². The standard InChI is InChI=1S/C20H20N2O4/c1-24-12-13-26-15-9-6-14(7-10-15)8-11-18-21-17-5-3-4-16(19(17)22-18)20(23)25-2/h3-11H,12-13H2,1-2H3,(H,21,22)/b11-8+. The molecule has 6 nitrogen and oxygen atoms in total. The molecule has 3 rings (SSSR count). The average molecular weight is 352 g/mol. The van der Waals surface area contributed by atoms with E-state index in [1.165, 1.54) is 7.11 Å². The number of aromatic amines is 1. The van der Waals surface area contributed by atoms with Crippen molar-refractivity contribution in [3.8, 4) is 5.75 Å². The fraction of sp³-hybridized carbons (Fsp3) is 0.200. The number of esters is 1. The summed E-state index contributed by atoms with van der Waals surface area (Å²) in [5, 5.41) is 0. The molecule has 1 N–H and O–H groups in total. The van der Waals surface area contributed by atoms with Gasteiger partial charge in [-0.1, -0.05) is 24.3 Å². The van der Waals surface area contributed by atoms with Crippen LogP contribution in [-0.2, 0) is 9.47 Å². The summed E-state index contributed by atoms with van der Waals surface area (Å²) in [5.74, 6) is 1.06. The number of methoxy groups -OCH3 is 2. The van der Waals surface area contributed by atoms with Crippen LogP contribution in [0.3, 0.4) is 0 Å². The molecule has 0 spiro atoms. The fourth-order valence-electron chi connectivity index (χ4n) is 2.50. The first kappa shape index (κ1) is 17.7. The molecule has 26 heavy (non-hydrogen) atoms. The van der Waals surface area contributed by atoms with Crippen LogP contribution in [-0.4, -0.2) is 43.4 Å². The number of hydrogen-bond acceptors (Lipinski definition) is 5. The number of nitrogens with zero attached hydrogens (tertiary/aromatic N) is 1. The Kier molecular flexibility index (Phi) is 5.66. The van der Waals surface area contributed by atoms with Gasteiger partial charge in [0.25, 0.3) is 0 Å². The topological polar surface area (TPSA) is 73.4 Å². The molecule has 0 saturated carbocycles. The third kappa shape index (κ3) is 4.10. The van der Waals surface area contributed by atoms with E-state index in [2.05, 4.69) is 9.97 Å². The molecule has 134 valence electrons. The summed E-state index contributed by atoms with van der Waals surface area (Å²) >= 11 is 0. The predicted octanol–water partition coefficient (Wildman–Crippen LogP) is 3.55. The van der Waals surface area contributed by atoms with E-state index in [0.717, 1.165) is 16.8 Å². The molecule has 0 aliphatic rings. The molecule has 3 aromatic rings. The maximum atomic E-state index is 11.8. The Bertz CT molecular complexity index is 913. The fourth-order valence-corrected chi connectivity index (χ4v) is 2.50. The third-order valence-corrected chi connectivity index (χ3v) is 3.81. The number of carbonyl (C=O) groups excluding carboxylic acids is 1. The van der Waals surface area contributed by atoms with Crippen molar-refractivity contribution in [3.63, 3.8) is 0 Å². The molecule has 0 unspecified atom stereocenters. The van der Waals surface area contributed by atoms with E-state index >= 15 is 0 Å².